The minimum absolute atomic E-state index is 0.0197. The molecule has 0 aliphatic rings. The summed E-state index contributed by atoms with van der Waals surface area (Å²) in [5.41, 5.74) is 5.65. The molecule has 6 aromatic rings. The molecule has 6 rings (SSSR count). The molecule has 0 radical (unpaired) electrons. The quantitative estimate of drug-likeness (QED) is 0.177. The first-order chi connectivity index (χ1) is 17.1. The molecule has 0 unspecified atom stereocenters. The third kappa shape index (κ3) is 3.66. The Bertz CT molecular complexity index is 1730. The second kappa shape index (κ2) is 8.45. The van der Waals surface area contributed by atoms with E-state index in [1.807, 2.05) is 89.6 Å². The van der Waals surface area contributed by atoms with Crippen LogP contribution in [-0.2, 0) is 0 Å². The molecule has 0 amide bonds. The van der Waals surface area contributed by atoms with E-state index in [0.717, 1.165) is 43.2 Å². The Morgan fingerprint density at radius 1 is 0.771 bits per heavy atom. The minimum Gasteiger partial charge on any atom is -0.258 e. The third-order valence-corrected chi connectivity index (χ3v) is 6.49. The number of hydrogen-bond acceptors (Lipinski definition) is 4. The van der Waals surface area contributed by atoms with Crippen molar-refractivity contribution in [3.05, 3.63) is 118 Å². The van der Waals surface area contributed by atoms with Crippen LogP contribution in [0.25, 0.3) is 50.0 Å². The van der Waals surface area contributed by atoms with Crippen molar-refractivity contribution in [2.24, 2.45) is 0 Å². The van der Waals surface area contributed by atoms with Gasteiger partial charge in [0.05, 0.1) is 32.7 Å². The van der Waals surface area contributed by atoms with Gasteiger partial charge in [0.25, 0.3) is 5.69 Å². The summed E-state index contributed by atoms with van der Waals surface area (Å²) >= 11 is 3.51. The van der Waals surface area contributed by atoms with Gasteiger partial charge in [-0.25, -0.2) is 9.67 Å². The summed E-state index contributed by atoms with van der Waals surface area (Å²) in [7, 11) is 0. The van der Waals surface area contributed by atoms with Gasteiger partial charge in [0.15, 0.2) is 0 Å². The number of halogens is 1. The van der Waals surface area contributed by atoms with E-state index in [4.69, 9.17) is 10.1 Å². The first kappa shape index (κ1) is 21.2. The first-order valence-electron chi connectivity index (χ1n) is 11.0. The fourth-order valence-electron chi connectivity index (χ4n) is 4.38. The summed E-state index contributed by atoms with van der Waals surface area (Å²) in [6, 6.07) is 32.5. The largest absolute Gasteiger partial charge is 0.270 e. The van der Waals surface area contributed by atoms with Crippen LogP contribution in [0.4, 0.5) is 5.69 Å². The molecule has 0 N–H and O–H groups in total. The summed E-state index contributed by atoms with van der Waals surface area (Å²) in [6.45, 7) is 0. The molecule has 0 spiro atoms. The zero-order valence-electron chi connectivity index (χ0n) is 18.3. The lowest BCUT2D eigenvalue weighted by Gasteiger charge is -2.10. The number of nitro benzene ring substituents is 1. The average Bonchev–Trinajstić information content (AvgIpc) is 3.30. The van der Waals surface area contributed by atoms with Crippen molar-refractivity contribution < 1.29 is 4.92 Å². The maximum atomic E-state index is 11.5. The Kier molecular flexibility index (Phi) is 5.12. The number of nitro groups is 1. The van der Waals surface area contributed by atoms with E-state index in [1.54, 1.807) is 12.1 Å². The van der Waals surface area contributed by atoms with E-state index in [9.17, 15) is 10.1 Å². The molecule has 2 heterocycles. The number of aromatic nitrogens is 3. The zero-order chi connectivity index (χ0) is 23.9. The van der Waals surface area contributed by atoms with Crippen molar-refractivity contribution in [1.29, 1.82) is 0 Å². The van der Waals surface area contributed by atoms with Crippen LogP contribution in [-0.4, -0.2) is 19.7 Å². The number of pyridine rings is 1. The van der Waals surface area contributed by atoms with Crippen LogP contribution in [0.15, 0.2) is 108 Å². The predicted molar refractivity (Wildman–Crippen MR) is 142 cm³/mol. The summed E-state index contributed by atoms with van der Waals surface area (Å²) in [6.07, 6.45) is 0. The Balaban J connectivity index is 1.80. The third-order valence-electron chi connectivity index (χ3n) is 5.96. The zero-order valence-corrected chi connectivity index (χ0v) is 19.9. The topological polar surface area (TPSA) is 73.8 Å². The van der Waals surface area contributed by atoms with E-state index < -0.39 is 0 Å². The number of benzene rings is 4. The van der Waals surface area contributed by atoms with Crippen molar-refractivity contribution in [2.45, 2.75) is 0 Å². The Morgan fingerprint density at radius 2 is 1.51 bits per heavy atom. The highest BCUT2D eigenvalue weighted by Crippen LogP contribution is 2.40. The predicted octanol–water partition coefficient (Wildman–Crippen LogP) is 7.58. The average molecular weight is 521 g/mol. The molecular weight excluding hydrogens is 504 g/mol. The molecule has 168 valence electrons. The van der Waals surface area contributed by atoms with Crippen molar-refractivity contribution in [3.8, 4) is 28.2 Å². The standard InChI is InChI=1S/C28H17BrN4O2/c29-20-15-13-18(14-16-20)27-25-26(19-7-6-10-22(17-19)33(34)35)30-24-12-5-4-11-23(24)28(25)32(31-27)21-8-2-1-3-9-21/h1-17H. The van der Waals surface area contributed by atoms with Crippen LogP contribution < -0.4 is 0 Å². The van der Waals surface area contributed by atoms with Crippen molar-refractivity contribution in [2.75, 3.05) is 0 Å². The summed E-state index contributed by atoms with van der Waals surface area (Å²) in [4.78, 5) is 16.1. The lowest BCUT2D eigenvalue weighted by atomic mass is 9.99. The van der Waals surface area contributed by atoms with Gasteiger partial charge in [0.2, 0.25) is 0 Å². The van der Waals surface area contributed by atoms with E-state index in [0.29, 0.717) is 11.3 Å². The molecule has 0 aliphatic carbocycles. The van der Waals surface area contributed by atoms with Gasteiger partial charge in [0.1, 0.15) is 5.69 Å². The summed E-state index contributed by atoms with van der Waals surface area (Å²) in [5, 5.41) is 18.4. The van der Waals surface area contributed by atoms with Gasteiger partial charge in [-0.05, 0) is 30.3 Å². The van der Waals surface area contributed by atoms with Gasteiger partial charge in [0, 0.05) is 33.1 Å². The fourth-order valence-corrected chi connectivity index (χ4v) is 4.64. The number of hydrogen-bond donors (Lipinski definition) is 0. The van der Waals surface area contributed by atoms with Crippen molar-refractivity contribution >= 4 is 43.4 Å². The van der Waals surface area contributed by atoms with E-state index in [-0.39, 0.29) is 10.6 Å². The molecule has 0 saturated carbocycles. The molecular formula is C28H17BrN4O2. The van der Waals surface area contributed by atoms with E-state index >= 15 is 0 Å². The van der Waals surface area contributed by atoms with Gasteiger partial charge in [-0.1, -0.05) is 76.6 Å². The minimum atomic E-state index is -0.384. The van der Waals surface area contributed by atoms with Crippen LogP contribution in [0.3, 0.4) is 0 Å². The highest BCUT2D eigenvalue weighted by Gasteiger charge is 2.22. The van der Waals surface area contributed by atoms with E-state index in [2.05, 4.69) is 15.9 Å². The number of non-ortho nitro benzene ring substituents is 1. The molecule has 6 nitrogen and oxygen atoms in total. The fraction of sp³-hybridized carbons (Fsp3) is 0. The second-order valence-corrected chi connectivity index (χ2v) is 9.03. The summed E-state index contributed by atoms with van der Waals surface area (Å²) in [5.74, 6) is 0. The van der Waals surface area contributed by atoms with Crippen LogP contribution in [0.5, 0.6) is 0 Å². The Morgan fingerprint density at radius 3 is 2.29 bits per heavy atom. The van der Waals surface area contributed by atoms with Crippen LogP contribution in [0.2, 0.25) is 0 Å². The Hall–Kier alpha value is -4.36. The number of nitrogens with zero attached hydrogens (tertiary/aromatic N) is 4. The van der Waals surface area contributed by atoms with Gasteiger partial charge in [-0.3, -0.25) is 10.1 Å². The monoisotopic (exact) mass is 520 g/mol. The molecule has 35 heavy (non-hydrogen) atoms. The number of para-hydroxylation sites is 2. The molecule has 0 aliphatic heterocycles. The van der Waals surface area contributed by atoms with Crippen LogP contribution in [0, 0.1) is 10.1 Å². The Labute approximate surface area is 208 Å². The smallest absolute Gasteiger partial charge is 0.258 e. The lowest BCUT2D eigenvalue weighted by Crippen LogP contribution is -1.97. The van der Waals surface area contributed by atoms with Gasteiger partial charge >= 0.3 is 0 Å². The van der Waals surface area contributed by atoms with Crippen LogP contribution in [0.1, 0.15) is 0 Å². The van der Waals surface area contributed by atoms with Gasteiger partial charge < -0.3 is 0 Å². The molecule has 7 heteroatoms. The molecule has 2 aromatic heterocycles. The highest BCUT2D eigenvalue weighted by molar-refractivity contribution is 9.10. The van der Waals surface area contributed by atoms with Crippen molar-refractivity contribution in [1.82, 2.24) is 14.8 Å². The number of rotatable bonds is 4. The van der Waals surface area contributed by atoms with Gasteiger partial charge in [-0.2, -0.15) is 5.10 Å². The maximum absolute atomic E-state index is 11.5. The first-order valence-corrected chi connectivity index (χ1v) is 11.8. The number of fused-ring (bicyclic) bond motifs is 3. The molecule has 0 atom stereocenters. The molecule has 4 aromatic carbocycles. The normalized spacial score (nSPS) is 11.2. The molecule has 0 fully saturated rings. The van der Waals surface area contributed by atoms with Crippen molar-refractivity contribution in [3.63, 3.8) is 0 Å². The van der Waals surface area contributed by atoms with E-state index in [1.165, 1.54) is 6.07 Å². The van der Waals surface area contributed by atoms with Gasteiger partial charge in [-0.15, -0.1) is 0 Å². The molecule has 0 bridgehead atoms. The summed E-state index contributed by atoms with van der Waals surface area (Å²) < 4.78 is 2.91. The maximum Gasteiger partial charge on any atom is 0.270 e. The van der Waals surface area contributed by atoms with Crippen LogP contribution >= 0.6 is 15.9 Å². The highest BCUT2D eigenvalue weighted by atomic mass is 79.9. The SMILES string of the molecule is O=[N+]([O-])c1cccc(-c2nc3ccccc3c3c2c(-c2ccc(Br)cc2)nn3-c2ccccc2)c1. The second-order valence-electron chi connectivity index (χ2n) is 8.11. The lowest BCUT2D eigenvalue weighted by molar-refractivity contribution is -0.384. The molecule has 0 saturated heterocycles.